The van der Waals surface area contributed by atoms with Gasteiger partial charge >= 0.3 is 0 Å². The number of likely N-dealkylation sites (tertiary alicyclic amines) is 1. The van der Waals surface area contributed by atoms with E-state index in [2.05, 4.69) is 18.2 Å². The quantitative estimate of drug-likeness (QED) is 0.509. The Balaban J connectivity index is 1.82. The van der Waals surface area contributed by atoms with Crippen LogP contribution in [0.3, 0.4) is 0 Å². The first-order chi connectivity index (χ1) is 4.35. The molecule has 0 N–H and O–H groups in total. The van der Waals surface area contributed by atoms with Gasteiger partial charge in [-0.25, -0.2) is 0 Å². The molecule has 0 unspecified atom stereocenters. The van der Waals surface area contributed by atoms with Crippen molar-refractivity contribution in [2.45, 2.75) is 19.8 Å². The fraction of sp³-hybridized carbons (Fsp3) is 0.875. The van der Waals surface area contributed by atoms with Gasteiger partial charge in [0.15, 0.2) is 0 Å². The van der Waals surface area contributed by atoms with E-state index in [0.29, 0.717) is 0 Å². The van der Waals surface area contributed by atoms with E-state index in [4.69, 9.17) is 0 Å². The van der Waals surface area contributed by atoms with E-state index in [1.165, 1.54) is 32.5 Å². The minimum Gasteiger partial charge on any atom is -0.302 e. The zero-order chi connectivity index (χ0) is 6.32. The molecular weight excluding hydrogens is 110 g/mol. The summed E-state index contributed by atoms with van der Waals surface area (Å²) >= 11 is 0. The summed E-state index contributed by atoms with van der Waals surface area (Å²) in [4.78, 5) is 2.52. The third kappa shape index (κ3) is 0.710. The molecule has 1 saturated heterocycles. The summed E-state index contributed by atoms with van der Waals surface area (Å²) in [6.07, 6.45) is 5.19. The maximum Gasteiger partial charge on any atom is 0.00506 e. The van der Waals surface area contributed by atoms with E-state index in [1.54, 1.807) is 0 Å². The molecule has 1 heterocycles. The van der Waals surface area contributed by atoms with Gasteiger partial charge in [0.1, 0.15) is 0 Å². The molecule has 2 rings (SSSR count). The Morgan fingerprint density at radius 2 is 2.11 bits per heavy atom. The van der Waals surface area contributed by atoms with Gasteiger partial charge in [-0.1, -0.05) is 6.92 Å². The van der Waals surface area contributed by atoms with Crippen LogP contribution in [0.5, 0.6) is 0 Å². The predicted octanol–water partition coefficient (Wildman–Crippen LogP) is 1.31. The minimum absolute atomic E-state index is 0.788. The molecule has 0 amide bonds. The second-order valence-electron chi connectivity index (χ2n) is 3.50. The van der Waals surface area contributed by atoms with Crippen LogP contribution in [0.25, 0.3) is 0 Å². The minimum atomic E-state index is 0.788. The molecule has 0 aromatic rings. The fourth-order valence-corrected chi connectivity index (χ4v) is 1.94. The molecule has 2 fully saturated rings. The van der Waals surface area contributed by atoms with Gasteiger partial charge in [0.25, 0.3) is 0 Å². The third-order valence-electron chi connectivity index (χ3n) is 2.72. The highest BCUT2D eigenvalue weighted by molar-refractivity contribution is 5.07. The molecule has 1 nitrogen and oxygen atoms in total. The number of hydrogen-bond donors (Lipinski definition) is 0. The van der Waals surface area contributed by atoms with Crippen LogP contribution < -0.4 is 0 Å². The Kier molecular flexibility index (Phi) is 1.10. The summed E-state index contributed by atoms with van der Waals surface area (Å²) in [5, 5.41) is 0. The van der Waals surface area contributed by atoms with Crippen LogP contribution in [0.2, 0.25) is 0 Å². The van der Waals surface area contributed by atoms with Crippen LogP contribution in [0.4, 0.5) is 0 Å². The van der Waals surface area contributed by atoms with Gasteiger partial charge < -0.3 is 4.90 Å². The first-order valence-electron chi connectivity index (χ1n) is 3.89. The van der Waals surface area contributed by atoms with E-state index in [-0.39, 0.29) is 0 Å². The lowest BCUT2D eigenvalue weighted by molar-refractivity contribution is -0.0291. The lowest BCUT2D eigenvalue weighted by atomic mass is 9.64. The Morgan fingerprint density at radius 3 is 2.44 bits per heavy atom. The monoisotopic (exact) mass is 124 g/mol. The highest BCUT2D eigenvalue weighted by atomic mass is 15.2. The van der Waals surface area contributed by atoms with Crippen molar-refractivity contribution >= 4 is 0 Å². The van der Waals surface area contributed by atoms with Crippen LogP contribution in [0.15, 0.2) is 0 Å². The molecule has 1 saturated carbocycles. The second kappa shape index (κ2) is 1.72. The van der Waals surface area contributed by atoms with Gasteiger partial charge in [0, 0.05) is 13.1 Å². The normalized spacial score (nSPS) is 31.7. The number of hydrogen-bond acceptors (Lipinski definition) is 1. The summed E-state index contributed by atoms with van der Waals surface area (Å²) in [5.41, 5.74) is 0.788. The molecular formula is C8H14N. The summed E-state index contributed by atoms with van der Waals surface area (Å²) in [7, 11) is 0. The third-order valence-corrected chi connectivity index (χ3v) is 2.72. The number of nitrogens with zero attached hydrogens (tertiary/aromatic N) is 1. The fourth-order valence-electron chi connectivity index (χ4n) is 1.94. The molecule has 1 aliphatic carbocycles. The molecule has 1 aliphatic heterocycles. The van der Waals surface area contributed by atoms with Gasteiger partial charge in [-0.15, -0.1) is 0 Å². The molecule has 0 aromatic heterocycles. The molecule has 1 heteroatoms. The highest BCUT2D eigenvalue weighted by Gasteiger charge is 2.46. The first-order valence-corrected chi connectivity index (χ1v) is 3.89. The maximum absolute atomic E-state index is 2.52. The van der Waals surface area contributed by atoms with Gasteiger partial charge in [-0.2, -0.15) is 0 Å². The van der Waals surface area contributed by atoms with Crippen molar-refractivity contribution in [1.82, 2.24) is 4.90 Å². The van der Waals surface area contributed by atoms with E-state index in [1.807, 2.05) is 0 Å². The summed E-state index contributed by atoms with van der Waals surface area (Å²) in [6, 6.07) is 0. The lowest BCUT2D eigenvalue weighted by Gasteiger charge is -2.55. The van der Waals surface area contributed by atoms with Crippen LogP contribution >= 0.6 is 0 Å². The van der Waals surface area contributed by atoms with Crippen molar-refractivity contribution in [3.8, 4) is 0 Å². The van der Waals surface area contributed by atoms with Crippen LogP contribution in [0.1, 0.15) is 19.8 Å². The van der Waals surface area contributed by atoms with Gasteiger partial charge in [0.2, 0.25) is 0 Å². The van der Waals surface area contributed by atoms with Crippen molar-refractivity contribution in [2.24, 2.45) is 5.41 Å². The smallest absolute Gasteiger partial charge is 0.00506 e. The van der Waals surface area contributed by atoms with Gasteiger partial charge in [-0.05, 0) is 31.2 Å². The molecule has 2 aliphatic rings. The zero-order valence-electron chi connectivity index (χ0n) is 6.06. The van der Waals surface area contributed by atoms with Crippen LogP contribution in [-0.2, 0) is 0 Å². The number of rotatable bonds is 1. The summed E-state index contributed by atoms with van der Waals surface area (Å²) in [6.45, 7) is 6.25. The Morgan fingerprint density at radius 1 is 1.44 bits per heavy atom. The van der Waals surface area contributed by atoms with Gasteiger partial charge in [-0.3, -0.25) is 0 Å². The SMILES string of the molecule is CCN1CC2(C[CH]C2)C1. The lowest BCUT2D eigenvalue weighted by Crippen LogP contribution is -2.59. The van der Waals surface area contributed by atoms with Crippen molar-refractivity contribution in [2.75, 3.05) is 19.6 Å². The standard InChI is InChI=1S/C8H14N/c1-2-9-6-8(7-9)4-3-5-8/h3H,2,4-7H2,1H3. The Hall–Kier alpha value is -0.0400. The molecule has 1 spiro atoms. The van der Waals surface area contributed by atoms with E-state index in [0.717, 1.165) is 5.41 Å². The molecule has 1 radical (unpaired) electrons. The Labute approximate surface area is 57.0 Å². The maximum atomic E-state index is 2.52. The summed E-state index contributed by atoms with van der Waals surface area (Å²) in [5.74, 6) is 0. The average molecular weight is 124 g/mol. The van der Waals surface area contributed by atoms with E-state index < -0.39 is 0 Å². The molecule has 51 valence electrons. The molecule has 0 bridgehead atoms. The molecule has 9 heavy (non-hydrogen) atoms. The van der Waals surface area contributed by atoms with E-state index in [9.17, 15) is 0 Å². The summed E-state index contributed by atoms with van der Waals surface area (Å²) < 4.78 is 0. The largest absolute Gasteiger partial charge is 0.302 e. The first kappa shape index (κ1) is 5.72. The van der Waals surface area contributed by atoms with Crippen molar-refractivity contribution in [3.63, 3.8) is 0 Å². The highest BCUT2D eigenvalue weighted by Crippen LogP contribution is 2.47. The van der Waals surface area contributed by atoms with Crippen LogP contribution in [0, 0.1) is 11.8 Å². The second-order valence-corrected chi connectivity index (χ2v) is 3.50. The zero-order valence-corrected chi connectivity index (χ0v) is 6.06. The molecule has 0 aromatic carbocycles. The topological polar surface area (TPSA) is 3.24 Å². The average Bonchev–Trinajstić information content (AvgIpc) is 1.59. The predicted molar refractivity (Wildman–Crippen MR) is 38.1 cm³/mol. The van der Waals surface area contributed by atoms with Crippen LogP contribution in [-0.4, -0.2) is 24.5 Å². The Bertz CT molecular complexity index is 108. The van der Waals surface area contributed by atoms with Crippen molar-refractivity contribution < 1.29 is 0 Å². The molecule has 0 atom stereocenters. The van der Waals surface area contributed by atoms with Crippen molar-refractivity contribution in [1.29, 1.82) is 0 Å². The van der Waals surface area contributed by atoms with E-state index >= 15 is 0 Å². The van der Waals surface area contributed by atoms with Crippen molar-refractivity contribution in [3.05, 3.63) is 6.42 Å². The van der Waals surface area contributed by atoms with Gasteiger partial charge in [0.05, 0.1) is 0 Å².